The molecule has 2 atom stereocenters. The zero-order valence-corrected chi connectivity index (χ0v) is 43.5. The zero-order chi connectivity index (χ0) is 52.0. The molecule has 4 saturated heterocycles. The fraction of sp³-hybridized carbons (Fsp3) is 0.439. The highest BCUT2D eigenvalue weighted by Crippen LogP contribution is 2.36. The minimum absolute atomic E-state index is 0.0184. The Labute approximate surface area is 441 Å². The number of fused-ring (bicyclic) bond motifs is 6. The van der Waals surface area contributed by atoms with Gasteiger partial charge < -0.3 is 30.1 Å². The summed E-state index contributed by atoms with van der Waals surface area (Å²) >= 11 is 2.89. The van der Waals surface area contributed by atoms with Gasteiger partial charge in [0, 0.05) is 74.9 Å². The Balaban J connectivity index is 0.000000147. The third-order valence-corrected chi connectivity index (χ3v) is 16.8. The van der Waals surface area contributed by atoms with Crippen molar-refractivity contribution in [2.45, 2.75) is 102 Å². The van der Waals surface area contributed by atoms with Crippen molar-refractivity contribution < 1.29 is 41.7 Å². The van der Waals surface area contributed by atoms with Crippen molar-refractivity contribution in [2.24, 2.45) is 5.73 Å². The normalized spacial score (nSPS) is 19.0. The third-order valence-electron chi connectivity index (χ3n) is 14.7. The topological polar surface area (TPSA) is 140 Å². The van der Waals surface area contributed by atoms with Crippen LogP contribution in [0, 0.1) is 11.6 Å². The largest absolute Gasteiger partial charge is 0.478 e. The van der Waals surface area contributed by atoms with Crippen LogP contribution >= 0.6 is 22.7 Å². The number of ketones is 1. The zero-order valence-electron chi connectivity index (χ0n) is 41.9. The molecule has 3 N–H and O–H groups in total. The lowest BCUT2D eigenvalue weighted by Gasteiger charge is -2.28. The number of unbranched alkanes of at least 4 members (excludes halogenated alkanes) is 1. The highest BCUT2D eigenvalue weighted by Gasteiger charge is 2.24. The number of halogens is 4. The lowest BCUT2D eigenvalue weighted by atomic mass is 10.0. The molecular formula is C57H63F4N7O5S2. The van der Waals surface area contributed by atoms with Gasteiger partial charge in [0.05, 0.1) is 49.6 Å². The highest BCUT2D eigenvalue weighted by molar-refractivity contribution is 7.24. The number of benzene rings is 4. The molecule has 4 aromatic carbocycles. The quantitative estimate of drug-likeness (QED) is 0.0614. The number of carboxylic acids is 1. The summed E-state index contributed by atoms with van der Waals surface area (Å²) < 4.78 is 72.6. The predicted octanol–water partition coefficient (Wildman–Crippen LogP) is 12.7. The van der Waals surface area contributed by atoms with Gasteiger partial charge in [0.15, 0.2) is 15.7 Å². The second kappa shape index (κ2) is 24.2. The van der Waals surface area contributed by atoms with Crippen molar-refractivity contribution in [3.05, 3.63) is 119 Å². The molecule has 4 aromatic heterocycles. The first-order valence-electron chi connectivity index (χ1n) is 26.3. The van der Waals surface area contributed by atoms with Crippen LogP contribution in [0.1, 0.15) is 121 Å². The highest BCUT2D eigenvalue weighted by atomic mass is 32.1. The van der Waals surface area contributed by atoms with Gasteiger partial charge in [-0.25, -0.2) is 32.3 Å². The summed E-state index contributed by atoms with van der Waals surface area (Å²) in [5.74, 6) is -1.42. The van der Waals surface area contributed by atoms with Crippen LogP contribution in [0.4, 0.5) is 17.6 Å². The number of nitrogens with zero attached hydrogens (tertiary/aromatic N) is 6. The number of likely N-dealkylation sites (tertiary alicyclic amines) is 2. The number of imidazole rings is 2. The number of aromatic carboxylic acids is 1. The summed E-state index contributed by atoms with van der Waals surface area (Å²) in [7, 11) is 0. The van der Waals surface area contributed by atoms with Crippen molar-refractivity contribution in [3.8, 4) is 22.5 Å². The number of rotatable bonds is 14. The van der Waals surface area contributed by atoms with Gasteiger partial charge in [0.2, 0.25) is 0 Å². The van der Waals surface area contributed by atoms with E-state index in [0.29, 0.717) is 65.1 Å². The number of Topliss-reactive ketones (excluding diaryl/α,β-unsaturated/α-hetero) is 1. The monoisotopic (exact) mass is 1070 g/mol. The van der Waals surface area contributed by atoms with E-state index in [4.69, 9.17) is 20.3 Å². The van der Waals surface area contributed by atoms with E-state index in [1.54, 1.807) is 42.6 Å². The molecule has 8 aromatic rings. The number of alkyl halides is 2. The van der Waals surface area contributed by atoms with Crippen LogP contribution < -0.4 is 5.73 Å². The Morgan fingerprint density at radius 3 is 1.56 bits per heavy atom. The summed E-state index contributed by atoms with van der Waals surface area (Å²) in [5.41, 5.74) is 12.0. The van der Waals surface area contributed by atoms with Crippen LogP contribution in [0.3, 0.4) is 0 Å². The van der Waals surface area contributed by atoms with E-state index < -0.39 is 18.3 Å². The molecule has 396 valence electrons. The average Bonchev–Trinajstić information content (AvgIpc) is 4.30. The molecule has 75 heavy (non-hydrogen) atoms. The Hall–Kier alpha value is -5.60. The molecule has 4 fully saturated rings. The molecule has 12 rings (SSSR count). The Morgan fingerprint density at radius 1 is 0.627 bits per heavy atom. The summed E-state index contributed by atoms with van der Waals surface area (Å²) in [5, 5.41) is 9.13. The Bertz CT molecular complexity index is 3250. The minimum atomic E-state index is -0.961. The Kier molecular flexibility index (Phi) is 17.0. The van der Waals surface area contributed by atoms with E-state index in [1.807, 2.05) is 45.3 Å². The smallest absolute Gasteiger partial charge is 0.335 e. The van der Waals surface area contributed by atoms with E-state index in [2.05, 4.69) is 19.8 Å². The van der Waals surface area contributed by atoms with E-state index in [-0.39, 0.29) is 35.2 Å². The molecule has 4 aliphatic heterocycles. The molecule has 0 amide bonds. The standard InChI is InChI=1S/C29H31F2N3O2S.C20H15FN2O3S.C8H17FN2/c30-21-10-13-33(14-11-21)12-2-1-4-26(35)19-7-9-25-28(17-19)37-29-32-24(18-34(25)29)22-8-6-20(16-23(22)31)27-5-3-15-36-27;21-14-8-11(17-2-1-7-26-17)3-5-13(14)15-10-23-16-6-4-12(19(24)25)9-18(16)27-20(23)22-15;9-8-2-6-11(7-3-8)5-1-4-10/h6-9,16-18,21,27H,1-5,10-15H2;3-6,8-10,17H,1-2,7H2,(H,24,25);8H,1-7,10H2/t27-;17-;/m00./s1. The van der Waals surface area contributed by atoms with Gasteiger partial charge in [-0.2, -0.15) is 0 Å². The lowest BCUT2D eigenvalue weighted by Crippen LogP contribution is -2.35. The maximum Gasteiger partial charge on any atom is 0.335 e. The van der Waals surface area contributed by atoms with E-state index in [1.165, 1.54) is 28.7 Å². The molecule has 0 unspecified atom stereocenters. The van der Waals surface area contributed by atoms with E-state index in [9.17, 15) is 27.2 Å². The third kappa shape index (κ3) is 12.5. The van der Waals surface area contributed by atoms with Crippen molar-refractivity contribution in [3.63, 3.8) is 0 Å². The van der Waals surface area contributed by atoms with Gasteiger partial charge in [-0.3, -0.25) is 13.6 Å². The molecular weight excluding hydrogens is 1000 g/mol. The minimum Gasteiger partial charge on any atom is -0.478 e. The second-order valence-corrected chi connectivity index (χ2v) is 22.0. The molecule has 8 heterocycles. The number of carboxylic acid groups (broad SMARTS) is 1. The van der Waals surface area contributed by atoms with Gasteiger partial charge in [0.1, 0.15) is 24.0 Å². The second-order valence-electron chi connectivity index (χ2n) is 20.0. The number of ether oxygens (including phenoxy) is 2. The fourth-order valence-corrected chi connectivity index (χ4v) is 12.6. The van der Waals surface area contributed by atoms with Crippen LogP contribution in [-0.2, 0) is 9.47 Å². The first-order valence-corrected chi connectivity index (χ1v) is 28.0. The van der Waals surface area contributed by atoms with Gasteiger partial charge in [0.25, 0.3) is 0 Å². The number of thiazole rings is 2. The summed E-state index contributed by atoms with van der Waals surface area (Å²) in [6.45, 7) is 7.65. The number of carbonyl (C=O) groups is 2. The van der Waals surface area contributed by atoms with Crippen LogP contribution in [-0.4, -0.2) is 117 Å². The molecule has 0 spiro atoms. The molecule has 0 saturated carbocycles. The first kappa shape index (κ1) is 52.8. The number of aromatic nitrogens is 4. The first-order chi connectivity index (χ1) is 36.5. The van der Waals surface area contributed by atoms with E-state index >= 15 is 0 Å². The van der Waals surface area contributed by atoms with Crippen molar-refractivity contribution in [1.82, 2.24) is 28.6 Å². The maximum atomic E-state index is 15.0. The fourth-order valence-electron chi connectivity index (χ4n) is 10.5. The van der Waals surface area contributed by atoms with Gasteiger partial charge in [-0.1, -0.05) is 34.8 Å². The van der Waals surface area contributed by atoms with Crippen molar-refractivity contribution in [1.29, 1.82) is 0 Å². The predicted molar refractivity (Wildman–Crippen MR) is 288 cm³/mol. The maximum absolute atomic E-state index is 15.0. The molecule has 4 aliphatic rings. The van der Waals surface area contributed by atoms with Crippen LogP contribution in [0.25, 0.3) is 52.9 Å². The van der Waals surface area contributed by atoms with Crippen LogP contribution in [0.5, 0.6) is 0 Å². The number of hydrogen-bond donors (Lipinski definition) is 2. The van der Waals surface area contributed by atoms with Crippen molar-refractivity contribution >= 4 is 64.8 Å². The van der Waals surface area contributed by atoms with Gasteiger partial charge >= 0.3 is 5.97 Å². The summed E-state index contributed by atoms with van der Waals surface area (Å²) in [6, 6.07) is 21.2. The lowest BCUT2D eigenvalue weighted by molar-refractivity contribution is 0.0696. The molecule has 0 aliphatic carbocycles. The van der Waals surface area contributed by atoms with Crippen molar-refractivity contribution in [2.75, 3.05) is 59.0 Å². The molecule has 0 radical (unpaired) electrons. The molecule has 12 nitrogen and oxygen atoms in total. The van der Waals surface area contributed by atoms with Gasteiger partial charge in [-0.05, 0) is 162 Å². The SMILES string of the molecule is NCCCN1CCC(F)CC1.O=C(CCCCN1CCC(F)CC1)c1ccc2c(c1)sc1nc(-c3ccc([C@@H]4CCCO4)cc3F)cn12.O=C(O)c1ccc2c(c1)sc1nc(-c3ccc([C@@H]4CCCO4)cc3F)cn12. The van der Waals surface area contributed by atoms with E-state index in [0.717, 1.165) is 140 Å². The van der Waals surface area contributed by atoms with Gasteiger partial charge in [-0.15, -0.1) is 0 Å². The number of carbonyl (C=O) groups excluding carboxylic acids is 1. The van der Waals surface area contributed by atoms with Crippen LogP contribution in [0.15, 0.2) is 85.2 Å². The molecule has 0 bridgehead atoms. The molecule has 18 heteroatoms. The number of piperidine rings is 2. The summed E-state index contributed by atoms with van der Waals surface area (Å²) in [4.78, 5) is 39.2. The average molecular weight is 1070 g/mol. The summed E-state index contributed by atoms with van der Waals surface area (Å²) in [6.07, 6.45) is 12.3. The van der Waals surface area contributed by atoms with Crippen LogP contribution in [0.2, 0.25) is 0 Å². The number of nitrogens with two attached hydrogens (primary N) is 1. The Morgan fingerprint density at radius 2 is 1.11 bits per heavy atom. The number of hydrogen-bond acceptors (Lipinski definition) is 11.